The van der Waals surface area contributed by atoms with Gasteiger partial charge in [0.15, 0.2) is 11.4 Å². The standard InChI is InChI=1S/C6H5IN2O2.C5H3IN2O2.C4H4N2.C2H6.CH4/c1-11-6(10)4-5(7)9-3-2-8-4;6-4-3(5(9)10)7-1-2-8-4;1-2-5-4-6-3-1;1-2;/h2-3H,1H3;1-2H,(H,9,10);1-4H;1-2H3;1H4. The molecule has 0 saturated heterocycles. The predicted molar refractivity (Wildman–Crippen MR) is 128 cm³/mol. The third-order valence-electron chi connectivity index (χ3n) is 2.37. The third-order valence-corrected chi connectivity index (χ3v) is 3.94. The van der Waals surface area contributed by atoms with E-state index in [1.54, 1.807) is 18.5 Å². The predicted octanol–water partition coefficient (Wildman–Crippen LogP) is 3.79. The van der Waals surface area contributed by atoms with E-state index in [1.807, 2.05) is 59.0 Å². The minimum Gasteiger partial charge on any atom is -0.476 e. The zero-order chi connectivity index (χ0) is 22.1. The summed E-state index contributed by atoms with van der Waals surface area (Å²) in [7, 11) is 1.31. The summed E-state index contributed by atoms with van der Waals surface area (Å²) in [4.78, 5) is 43.6. The first kappa shape index (κ1) is 29.8. The van der Waals surface area contributed by atoms with Crippen molar-refractivity contribution in [2.45, 2.75) is 21.3 Å². The second-order valence-electron chi connectivity index (χ2n) is 4.09. The van der Waals surface area contributed by atoms with Crippen molar-refractivity contribution in [3.8, 4) is 0 Å². The van der Waals surface area contributed by atoms with Crippen LogP contribution in [0.4, 0.5) is 0 Å². The maximum Gasteiger partial charge on any atom is 0.359 e. The second kappa shape index (κ2) is 18.7. The highest BCUT2D eigenvalue weighted by Crippen LogP contribution is 2.05. The Labute approximate surface area is 202 Å². The largest absolute Gasteiger partial charge is 0.476 e. The van der Waals surface area contributed by atoms with Gasteiger partial charge in [-0.05, 0) is 51.2 Å². The summed E-state index contributed by atoms with van der Waals surface area (Å²) in [6.07, 6.45) is 10.7. The number of nitrogens with zero attached hydrogens (tertiary/aromatic N) is 6. The summed E-state index contributed by atoms with van der Waals surface area (Å²) in [5.74, 6) is -1.50. The molecule has 0 atom stereocenters. The molecule has 0 bridgehead atoms. The van der Waals surface area contributed by atoms with Crippen molar-refractivity contribution in [2.75, 3.05) is 7.11 Å². The maximum absolute atomic E-state index is 10.9. The molecule has 0 radical (unpaired) electrons. The van der Waals surface area contributed by atoms with Gasteiger partial charge in [0.2, 0.25) is 0 Å². The van der Waals surface area contributed by atoms with Crippen molar-refractivity contribution in [1.82, 2.24) is 29.9 Å². The van der Waals surface area contributed by atoms with E-state index in [0.29, 0.717) is 7.40 Å². The van der Waals surface area contributed by atoms with Crippen LogP contribution in [0.25, 0.3) is 0 Å². The Kier molecular flexibility index (Phi) is 18.6. The molecule has 0 aliphatic carbocycles. The summed E-state index contributed by atoms with van der Waals surface area (Å²) < 4.78 is 5.43. The molecule has 0 fully saturated rings. The molecule has 0 saturated carbocycles. The Morgan fingerprint density at radius 2 is 1.27 bits per heavy atom. The lowest BCUT2D eigenvalue weighted by atomic mass is 10.5. The molecule has 30 heavy (non-hydrogen) atoms. The monoisotopic (exact) mass is 640 g/mol. The van der Waals surface area contributed by atoms with Crippen LogP contribution in [0, 0.1) is 7.40 Å². The normalized spacial score (nSPS) is 8.30. The fourth-order valence-electron chi connectivity index (χ4n) is 1.27. The molecule has 1 N–H and O–H groups in total. The zero-order valence-electron chi connectivity index (χ0n) is 15.7. The number of methoxy groups -OCH3 is 1. The highest BCUT2D eigenvalue weighted by atomic mass is 127. The first-order valence-electron chi connectivity index (χ1n) is 7.92. The summed E-state index contributed by atoms with van der Waals surface area (Å²) >= 11 is 3.75. The summed E-state index contributed by atoms with van der Waals surface area (Å²) in [5, 5.41) is 8.46. The van der Waals surface area contributed by atoms with Crippen LogP contribution in [0.1, 0.15) is 42.3 Å². The van der Waals surface area contributed by atoms with Crippen LogP contribution < -0.4 is 0 Å². The van der Waals surface area contributed by atoms with Crippen molar-refractivity contribution in [1.29, 1.82) is 0 Å². The summed E-state index contributed by atoms with van der Waals surface area (Å²) in [6, 6.07) is 1.78. The van der Waals surface area contributed by atoms with E-state index in [9.17, 15) is 9.59 Å². The molecule has 162 valence electrons. The number of carboxylic acid groups (broad SMARTS) is 1. The zero-order valence-corrected chi connectivity index (χ0v) is 20.0. The number of rotatable bonds is 2. The molecule has 0 aromatic carbocycles. The van der Waals surface area contributed by atoms with E-state index >= 15 is 0 Å². The van der Waals surface area contributed by atoms with E-state index in [1.165, 1.54) is 38.2 Å². The van der Waals surface area contributed by atoms with Gasteiger partial charge in [-0.3, -0.25) is 0 Å². The van der Waals surface area contributed by atoms with E-state index in [-0.39, 0.29) is 18.8 Å². The van der Waals surface area contributed by atoms with E-state index in [0.717, 1.165) is 0 Å². The first-order valence-corrected chi connectivity index (χ1v) is 10.1. The van der Waals surface area contributed by atoms with Crippen molar-refractivity contribution < 1.29 is 19.4 Å². The van der Waals surface area contributed by atoms with Crippen molar-refractivity contribution in [3.63, 3.8) is 0 Å². The second-order valence-corrected chi connectivity index (χ2v) is 6.14. The average Bonchev–Trinajstić information content (AvgIpc) is 2.77. The molecule has 0 aliphatic rings. The van der Waals surface area contributed by atoms with Gasteiger partial charge in [-0.1, -0.05) is 21.3 Å². The molecule has 0 spiro atoms. The number of esters is 1. The van der Waals surface area contributed by atoms with Crippen LogP contribution in [0.5, 0.6) is 0 Å². The highest BCUT2D eigenvalue weighted by molar-refractivity contribution is 14.1. The number of carbonyl (C=O) groups is 2. The fraction of sp³-hybridized carbons (Fsp3) is 0.222. The third kappa shape index (κ3) is 12.3. The van der Waals surface area contributed by atoms with E-state index < -0.39 is 11.9 Å². The van der Waals surface area contributed by atoms with Crippen molar-refractivity contribution in [2.24, 2.45) is 0 Å². The Morgan fingerprint density at radius 3 is 1.53 bits per heavy atom. The minimum absolute atomic E-state index is 0. The van der Waals surface area contributed by atoms with Gasteiger partial charge in [0.25, 0.3) is 0 Å². The summed E-state index contributed by atoms with van der Waals surface area (Å²) in [6.45, 7) is 4.00. The Morgan fingerprint density at radius 1 is 0.833 bits per heavy atom. The molecule has 0 amide bonds. The van der Waals surface area contributed by atoms with Crippen LogP contribution in [0.2, 0.25) is 0 Å². The summed E-state index contributed by atoms with van der Waals surface area (Å²) in [5.41, 5.74) is 0.263. The number of ether oxygens (including phenoxy) is 1. The van der Waals surface area contributed by atoms with Gasteiger partial charge in [0.05, 0.1) is 7.11 Å². The SMILES string of the molecule is C.CC.COC(=O)c1nccnc1I.O=C(O)c1nccnc1I.c1cncnc1. The molecular formula is C18H22I2N6O4. The number of hydrogen-bond acceptors (Lipinski definition) is 9. The van der Waals surface area contributed by atoms with Gasteiger partial charge in [0.1, 0.15) is 13.7 Å². The molecule has 3 heterocycles. The number of aromatic carboxylic acids is 1. The van der Waals surface area contributed by atoms with Gasteiger partial charge in [-0.15, -0.1) is 0 Å². The number of carbonyl (C=O) groups excluding carboxylic acids is 1. The van der Waals surface area contributed by atoms with Crippen LogP contribution in [0.3, 0.4) is 0 Å². The topological polar surface area (TPSA) is 141 Å². The number of hydrogen-bond donors (Lipinski definition) is 1. The van der Waals surface area contributed by atoms with Crippen LogP contribution >= 0.6 is 45.2 Å². The molecule has 3 aromatic rings. The van der Waals surface area contributed by atoms with Crippen molar-refractivity contribution in [3.05, 3.63) is 68.4 Å². The lowest BCUT2D eigenvalue weighted by Gasteiger charge is -1.97. The van der Waals surface area contributed by atoms with Crippen LogP contribution in [0.15, 0.2) is 49.6 Å². The Hall–Kier alpha value is -2.36. The quantitative estimate of drug-likeness (QED) is 0.325. The molecule has 3 aromatic heterocycles. The number of carboxylic acids is 1. The fourth-order valence-corrected chi connectivity index (χ4v) is 2.32. The van der Waals surface area contributed by atoms with Gasteiger partial charge >= 0.3 is 11.9 Å². The number of aromatic nitrogens is 6. The first-order chi connectivity index (χ1) is 14.0. The highest BCUT2D eigenvalue weighted by Gasteiger charge is 2.11. The molecular weight excluding hydrogens is 618 g/mol. The molecule has 12 heteroatoms. The number of halogens is 2. The molecule has 10 nitrogen and oxygen atoms in total. The van der Waals surface area contributed by atoms with Crippen LogP contribution in [-0.4, -0.2) is 54.1 Å². The Balaban J connectivity index is 0. The molecule has 0 aliphatic heterocycles. The lowest BCUT2D eigenvalue weighted by Crippen LogP contribution is -2.07. The molecule has 0 unspecified atom stereocenters. The van der Waals surface area contributed by atoms with Gasteiger partial charge < -0.3 is 9.84 Å². The van der Waals surface area contributed by atoms with E-state index in [4.69, 9.17) is 5.11 Å². The van der Waals surface area contributed by atoms with E-state index in [2.05, 4.69) is 34.6 Å². The van der Waals surface area contributed by atoms with Gasteiger partial charge in [0, 0.05) is 37.2 Å². The van der Waals surface area contributed by atoms with Crippen molar-refractivity contribution >= 4 is 57.1 Å². The van der Waals surface area contributed by atoms with Gasteiger partial charge in [-0.25, -0.2) is 39.5 Å². The van der Waals surface area contributed by atoms with Gasteiger partial charge in [-0.2, -0.15) is 0 Å². The lowest BCUT2D eigenvalue weighted by molar-refractivity contribution is 0.0591. The minimum atomic E-state index is -1.04. The maximum atomic E-state index is 10.9. The Bertz CT molecular complexity index is 845. The van der Waals surface area contributed by atoms with Crippen LogP contribution in [-0.2, 0) is 4.74 Å². The smallest absolute Gasteiger partial charge is 0.359 e. The molecule has 3 rings (SSSR count). The average molecular weight is 640 g/mol.